The van der Waals surface area contributed by atoms with Crippen molar-refractivity contribution in [2.24, 2.45) is 5.92 Å². The van der Waals surface area contributed by atoms with Crippen LogP contribution in [0, 0.1) is 5.92 Å². The number of sulfonamides is 1. The molecule has 3 nitrogen and oxygen atoms in total. The van der Waals surface area contributed by atoms with Gasteiger partial charge in [0.25, 0.3) is 0 Å². The van der Waals surface area contributed by atoms with Crippen LogP contribution in [-0.2, 0) is 10.0 Å². The van der Waals surface area contributed by atoms with Crippen molar-refractivity contribution in [3.05, 3.63) is 0 Å². The molecule has 1 saturated carbocycles. The molecule has 1 unspecified atom stereocenters. The van der Waals surface area contributed by atoms with E-state index in [-0.39, 0.29) is 17.7 Å². The molecule has 1 N–H and O–H groups in total. The third-order valence-electron chi connectivity index (χ3n) is 2.67. The van der Waals surface area contributed by atoms with Gasteiger partial charge in [0.05, 0.1) is 0 Å². The summed E-state index contributed by atoms with van der Waals surface area (Å²) in [4.78, 5) is 0. The van der Waals surface area contributed by atoms with Gasteiger partial charge < -0.3 is 0 Å². The van der Waals surface area contributed by atoms with Gasteiger partial charge in [-0.15, -0.1) is 0 Å². The number of rotatable bonds is 4. The van der Waals surface area contributed by atoms with E-state index in [0.717, 1.165) is 17.5 Å². The van der Waals surface area contributed by atoms with Crippen LogP contribution in [0.25, 0.3) is 0 Å². The third kappa shape index (κ3) is 5.37. The number of hydrogen-bond donors (Lipinski definition) is 1. The number of nitrogens with one attached hydrogen (secondary N) is 1. The van der Waals surface area contributed by atoms with Crippen LogP contribution < -0.4 is 4.72 Å². The monoisotopic (exact) mass is 295 g/mol. The van der Waals surface area contributed by atoms with Crippen molar-refractivity contribution in [1.29, 1.82) is 0 Å². The molecule has 0 bridgehead atoms. The van der Waals surface area contributed by atoms with Crippen molar-refractivity contribution in [3.8, 4) is 0 Å². The van der Waals surface area contributed by atoms with Gasteiger partial charge in [-0.3, -0.25) is 0 Å². The van der Waals surface area contributed by atoms with Crippen LogP contribution in [0.4, 0.5) is 0 Å². The molecular weight excluding hydrogens is 273 g/mol. The molecule has 1 rings (SSSR count). The molecule has 5 heteroatoms. The normalized spacial score (nSPS) is 28.3. The molecule has 0 radical (unpaired) electrons. The molecule has 0 aliphatic heterocycles. The van der Waals surface area contributed by atoms with Crippen molar-refractivity contribution in [2.45, 2.75) is 50.3 Å². The van der Waals surface area contributed by atoms with Gasteiger partial charge >= 0.3 is 102 Å². The first-order valence-electron chi connectivity index (χ1n) is 5.64. The average molecular weight is 295 g/mol. The van der Waals surface area contributed by atoms with Crippen LogP contribution in [0.3, 0.4) is 0 Å². The molecule has 1 fully saturated rings. The Hall–Kier alpha value is 0.468. The van der Waals surface area contributed by atoms with Gasteiger partial charge in [0.15, 0.2) is 0 Å². The molecule has 1 atom stereocenters. The second-order valence-electron chi connectivity index (χ2n) is 4.90. The zero-order chi connectivity index (χ0) is 11.5. The Labute approximate surface area is 102 Å². The summed E-state index contributed by atoms with van der Waals surface area (Å²) in [6.07, 6.45) is 4.38. The maximum absolute atomic E-state index is 11.7. The van der Waals surface area contributed by atoms with Gasteiger partial charge in [-0.1, -0.05) is 0 Å². The van der Waals surface area contributed by atoms with Gasteiger partial charge in [-0.25, -0.2) is 0 Å². The van der Waals surface area contributed by atoms with Crippen LogP contribution in [0.15, 0.2) is 0 Å². The fourth-order valence-electron chi connectivity index (χ4n) is 1.98. The van der Waals surface area contributed by atoms with Gasteiger partial charge in [0, 0.05) is 0 Å². The van der Waals surface area contributed by atoms with E-state index in [0.29, 0.717) is 0 Å². The second-order valence-corrected chi connectivity index (χ2v) is 8.68. The molecular formula is C10H22AsNO2S. The van der Waals surface area contributed by atoms with Crippen molar-refractivity contribution in [1.82, 2.24) is 4.72 Å². The standard InChI is InChI=1S/C10H22AsNO2S/c1-8(2)7-15(13,14)12-10-5-3-9(11)4-6-10/h8-10,12H,3-7,11H2,1-2H3. The second kappa shape index (κ2) is 5.69. The van der Waals surface area contributed by atoms with E-state index in [4.69, 9.17) is 0 Å². The summed E-state index contributed by atoms with van der Waals surface area (Å²) in [5.74, 6) is 0.455. The van der Waals surface area contributed by atoms with E-state index in [1.165, 1.54) is 12.8 Å². The predicted octanol–water partition coefficient (Wildman–Crippen LogP) is 0.926. The van der Waals surface area contributed by atoms with E-state index < -0.39 is 10.0 Å². The van der Waals surface area contributed by atoms with Crippen LogP contribution in [-0.4, -0.2) is 37.1 Å². The van der Waals surface area contributed by atoms with E-state index in [9.17, 15) is 8.42 Å². The van der Waals surface area contributed by atoms with Crippen molar-refractivity contribution < 1.29 is 8.42 Å². The molecule has 1 aliphatic carbocycles. The summed E-state index contributed by atoms with van der Waals surface area (Å²) in [7, 11) is -3.04. The molecule has 0 aromatic rings. The summed E-state index contributed by atoms with van der Waals surface area (Å²) in [6.45, 7) is 3.87. The number of hydrogen-bond acceptors (Lipinski definition) is 2. The third-order valence-corrected chi connectivity index (χ3v) is 5.87. The Morgan fingerprint density at radius 3 is 2.27 bits per heavy atom. The molecule has 0 heterocycles. The van der Waals surface area contributed by atoms with E-state index in [1.807, 2.05) is 13.8 Å². The van der Waals surface area contributed by atoms with Crippen molar-refractivity contribution in [2.75, 3.05) is 5.75 Å². The molecule has 1 aliphatic rings. The fourth-order valence-corrected chi connectivity index (χ4v) is 4.50. The van der Waals surface area contributed by atoms with Crippen LogP contribution in [0.1, 0.15) is 39.5 Å². The Morgan fingerprint density at radius 2 is 1.80 bits per heavy atom. The Kier molecular flexibility index (Phi) is 5.14. The van der Waals surface area contributed by atoms with Crippen molar-refractivity contribution >= 4 is 26.9 Å². The summed E-state index contributed by atoms with van der Waals surface area (Å²) in [5.41, 5.74) is 0. The average Bonchev–Trinajstić information content (AvgIpc) is 2.06. The van der Waals surface area contributed by atoms with Crippen LogP contribution in [0.5, 0.6) is 0 Å². The summed E-state index contributed by atoms with van der Waals surface area (Å²) in [5, 5.41) is 0. The molecule has 0 aromatic heterocycles. The minimum absolute atomic E-state index is 0.195. The van der Waals surface area contributed by atoms with Crippen molar-refractivity contribution in [3.63, 3.8) is 0 Å². The first-order chi connectivity index (χ1) is 6.89. The van der Waals surface area contributed by atoms with E-state index in [2.05, 4.69) is 4.72 Å². The zero-order valence-corrected chi connectivity index (χ0v) is 12.8. The van der Waals surface area contributed by atoms with Crippen LogP contribution >= 0.6 is 0 Å². The van der Waals surface area contributed by atoms with E-state index in [1.54, 1.807) is 16.9 Å². The fraction of sp³-hybridized carbons (Fsp3) is 1.00. The molecule has 0 spiro atoms. The molecule has 0 saturated heterocycles. The zero-order valence-electron chi connectivity index (χ0n) is 9.57. The van der Waals surface area contributed by atoms with Crippen LogP contribution in [0.2, 0.25) is 4.71 Å². The Bertz CT molecular complexity index is 282. The van der Waals surface area contributed by atoms with Gasteiger partial charge in [-0.05, 0) is 0 Å². The summed E-state index contributed by atoms with van der Waals surface area (Å²) in [6, 6.07) is 0.195. The first-order valence-corrected chi connectivity index (χ1v) is 8.70. The Morgan fingerprint density at radius 1 is 1.27 bits per heavy atom. The summed E-state index contributed by atoms with van der Waals surface area (Å²) < 4.78 is 27.0. The molecule has 15 heavy (non-hydrogen) atoms. The Balaban J connectivity index is 2.41. The predicted molar refractivity (Wildman–Crippen MR) is 66.3 cm³/mol. The summed E-state index contributed by atoms with van der Waals surface area (Å²) >= 11 is 1.79. The van der Waals surface area contributed by atoms with Gasteiger partial charge in [0.2, 0.25) is 0 Å². The SMILES string of the molecule is CC(C)CS(=O)(=O)NC1CCC([AsH2])CC1. The minimum atomic E-state index is -3.04. The van der Waals surface area contributed by atoms with E-state index >= 15 is 0 Å². The molecule has 90 valence electrons. The maximum atomic E-state index is 11.7. The molecule has 0 amide bonds. The first kappa shape index (κ1) is 13.5. The van der Waals surface area contributed by atoms with Gasteiger partial charge in [0.1, 0.15) is 0 Å². The quantitative estimate of drug-likeness (QED) is 0.784. The topological polar surface area (TPSA) is 46.2 Å². The van der Waals surface area contributed by atoms with Gasteiger partial charge in [-0.2, -0.15) is 0 Å². The molecule has 0 aromatic carbocycles.